The second kappa shape index (κ2) is 10.3. The van der Waals surface area contributed by atoms with Crippen molar-refractivity contribution in [3.63, 3.8) is 0 Å². The summed E-state index contributed by atoms with van der Waals surface area (Å²) < 4.78 is 21.0. The Hall–Kier alpha value is -4.60. The number of anilines is 4. The van der Waals surface area contributed by atoms with E-state index in [0.717, 1.165) is 0 Å². The summed E-state index contributed by atoms with van der Waals surface area (Å²) in [6.07, 6.45) is 0. The number of nitrogens with one attached hydrogen (secondary N) is 2. The Bertz CT molecular complexity index is 1130. The van der Waals surface area contributed by atoms with Crippen LogP contribution >= 0.6 is 0 Å². The number of carbonyl (C=O) groups is 2. The molecule has 34 heavy (non-hydrogen) atoms. The van der Waals surface area contributed by atoms with Gasteiger partial charge in [0, 0.05) is 12.1 Å². The van der Waals surface area contributed by atoms with Crippen molar-refractivity contribution >= 4 is 34.7 Å². The number of carboxylic acid groups (broad SMARTS) is 2. The summed E-state index contributed by atoms with van der Waals surface area (Å²) in [6.45, 7) is 0. The number of aromatic carboxylic acids is 2. The van der Waals surface area contributed by atoms with Gasteiger partial charge in [0.05, 0.1) is 62.3 Å². The van der Waals surface area contributed by atoms with Crippen molar-refractivity contribution in [1.82, 2.24) is 0 Å². The molecule has 4 N–H and O–H groups in total. The van der Waals surface area contributed by atoms with E-state index in [2.05, 4.69) is 10.6 Å². The summed E-state index contributed by atoms with van der Waals surface area (Å²) in [7, 11) is 5.92. The first-order valence-electron chi connectivity index (χ1n) is 9.94. The molecule has 0 aromatic heterocycles. The van der Waals surface area contributed by atoms with Gasteiger partial charge < -0.3 is 39.8 Å². The average Bonchev–Trinajstić information content (AvgIpc) is 2.84. The molecule has 0 unspecified atom stereocenters. The van der Waals surface area contributed by atoms with Crippen LogP contribution in [0, 0.1) is 0 Å². The van der Waals surface area contributed by atoms with E-state index in [1.165, 1.54) is 40.6 Å². The third kappa shape index (κ3) is 5.07. The van der Waals surface area contributed by atoms with Crippen LogP contribution < -0.4 is 29.6 Å². The fourth-order valence-corrected chi connectivity index (χ4v) is 3.25. The van der Waals surface area contributed by atoms with Crippen LogP contribution in [0.25, 0.3) is 0 Å². The zero-order valence-electron chi connectivity index (χ0n) is 19.0. The van der Waals surface area contributed by atoms with Crippen molar-refractivity contribution < 1.29 is 38.7 Å². The molecule has 0 radical (unpaired) electrons. The number of rotatable bonds is 10. The molecule has 0 spiro atoms. The number of benzene rings is 3. The van der Waals surface area contributed by atoms with Crippen LogP contribution in [-0.4, -0.2) is 50.6 Å². The van der Waals surface area contributed by atoms with Crippen LogP contribution in [0.3, 0.4) is 0 Å². The lowest BCUT2D eigenvalue weighted by atomic mass is 10.0. The van der Waals surface area contributed by atoms with Gasteiger partial charge >= 0.3 is 11.9 Å². The van der Waals surface area contributed by atoms with Gasteiger partial charge in [0.25, 0.3) is 0 Å². The molecule has 0 aliphatic heterocycles. The Morgan fingerprint density at radius 2 is 0.971 bits per heavy atom. The van der Waals surface area contributed by atoms with Gasteiger partial charge in [-0.05, 0) is 36.4 Å². The molecule has 0 heterocycles. The summed E-state index contributed by atoms with van der Waals surface area (Å²) in [5, 5.41) is 25.6. The molecule has 10 nitrogen and oxygen atoms in total. The Morgan fingerprint density at radius 1 is 0.588 bits per heavy atom. The third-order valence-corrected chi connectivity index (χ3v) is 4.97. The second-order valence-corrected chi connectivity index (χ2v) is 6.94. The Kier molecular flexibility index (Phi) is 7.32. The number of hydrogen-bond donors (Lipinski definition) is 4. The van der Waals surface area contributed by atoms with E-state index in [4.69, 9.17) is 18.9 Å². The van der Waals surface area contributed by atoms with Crippen molar-refractivity contribution in [3.05, 3.63) is 59.7 Å². The molecular formula is C24H24N2O8. The normalized spacial score (nSPS) is 10.2. The third-order valence-electron chi connectivity index (χ3n) is 4.97. The molecular weight excluding hydrogens is 444 g/mol. The lowest BCUT2D eigenvalue weighted by Gasteiger charge is -2.18. The van der Waals surface area contributed by atoms with Gasteiger partial charge in [-0.1, -0.05) is 0 Å². The molecule has 0 aliphatic rings. The number of carboxylic acids is 2. The first-order valence-corrected chi connectivity index (χ1v) is 9.94. The van der Waals surface area contributed by atoms with Crippen molar-refractivity contribution in [2.45, 2.75) is 0 Å². The largest absolute Gasteiger partial charge is 0.497 e. The van der Waals surface area contributed by atoms with Crippen molar-refractivity contribution in [2.24, 2.45) is 0 Å². The lowest BCUT2D eigenvalue weighted by Crippen LogP contribution is -2.10. The monoisotopic (exact) mass is 468 g/mol. The second-order valence-electron chi connectivity index (χ2n) is 6.94. The van der Waals surface area contributed by atoms with E-state index in [0.29, 0.717) is 34.4 Å². The maximum atomic E-state index is 12.1. The summed E-state index contributed by atoms with van der Waals surface area (Å²) >= 11 is 0. The van der Waals surface area contributed by atoms with Crippen LogP contribution in [0.5, 0.6) is 23.0 Å². The summed E-state index contributed by atoms with van der Waals surface area (Å²) in [4.78, 5) is 24.1. The Labute approximate surface area is 195 Å². The molecule has 0 atom stereocenters. The predicted octanol–water partition coefficient (Wildman–Crippen LogP) is 4.60. The van der Waals surface area contributed by atoms with Gasteiger partial charge in [0.15, 0.2) is 0 Å². The van der Waals surface area contributed by atoms with Crippen molar-refractivity contribution in [1.29, 1.82) is 0 Å². The van der Waals surface area contributed by atoms with Gasteiger partial charge in [-0.3, -0.25) is 0 Å². The van der Waals surface area contributed by atoms with Gasteiger partial charge in [-0.2, -0.15) is 0 Å². The molecule has 0 saturated carbocycles. The molecule has 3 rings (SSSR count). The molecule has 0 amide bonds. The highest BCUT2D eigenvalue weighted by atomic mass is 16.5. The minimum Gasteiger partial charge on any atom is -0.497 e. The number of methoxy groups -OCH3 is 4. The minimum atomic E-state index is -1.25. The molecule has 178 valence electrons. The molecule has 0 fully saturated rings. The van der Waals surface area contributed by atoms with Gasteiger partial charge in [0.2, 0.25) is 0 Å². The average molecular weight is 468 g/mol. The smallest absolute Gasteiger partial charge is 0.337 e. The van der Waals surface area contributed by atoms with Crippen LogP contribution in [0.15, 0.2) is 48.5 Å². The number of ether oxygens (including phenoxy) is 4. The Morgan fingerprint density at radius 3 is 1.26 bits per heavy atom. The molecule has 3 aromatic carbocycles. The predicted molar refractivity (Wildman–Crippen MR) is 126 cm³/mol. The van der Waals surface area contributed by atoms with E-state index in [9.17, 15) is 19.8 Å². The molecule has 3 aromatic rings. The van der Waals surface area contributed by atoms with Gasteiger partial charge in [-0.15, -0.1) is 0 Å². The highest BCUT2D eigenvalue weighted by Gasteiger charge is 2.21. The number of hydrogen-bond acceptors (Lipinski definition) is 8. The zero-order valence-corrected chi connectivity index (χ0v) is 19.0. The van der Waals surface area contributed by atoms with Crippen LogP contribution in [0.4, 0.5) is 22.7 Å². The Balaban J connectivity index is 2.09. The van der Waals surface area contributed by atoms with Crippen LogP contribution in [-0.2, 0) is 0 Å². The SMILES string of the molecule is COc1ccc(Nc2cc(C(=O)O)c(Nc3ccc(OC)cc3OC)cc2C(=O)O)c(OC)c1. The highest BCUT2D eigenvalue weighted by Crippen LogP contribution is 2.37. The highest BCUT2D eigenvalue weighted by molar-refractivity contribution is 6.03. The minimum absolute atomic E-state index is 0.0700. The molecule has 10 heteroatoms. The molecule has 0 aliphatic carbocycles. The fraction of sp³-hybridized carbons (Fsp3) is 0.167. The van der Waals surface area contributed by atoms with Crippen molar-refractivity contribution in [3.8, 4) is 23.0 Å². The standard InChI is InChI=1S/C24H24N2O8/c1-31-13-5-7-17(21(9-13)33-3)25-19-11-16(24(29)30)20(12-15(19)23(27)28)26-18-8-6-14(32-2)10-22(18)34-4/h5-12,25-26H,1-4H3,(H,27,28)(H,29,30). The molecule has 0 bridgehead atoms. The lowest BCUT2D eigenvalue weighted by molar-refractivity contribution is 0.0683. The van der Waals surface area contributed by atoms with Crippen LogP contribution in [0.1, 0.15) is 20.7 Å². The van der Waals surface area contributed by atoms with Gasteiger partial charge in [0.1, 0.15) is 23.0 Å². The van der Waals surface area contributed by atoms with E-state index in [1.54, 1.807) is 36.4 Å². The summed E-state index contributed by atoms with van der Waals surface area (Å²) in [6, 6.07) is 12.3. The topological polar surface area (TPSA) is 136 Å². The molecule has 0 saturated heterocycles. The van der Waals surface area contributed by atoms with E-state index >= 15 is 0 Å². The first-order chi connectivity index (χ1) is 16.3. The summed E-state index contributed by atoms with van der Waals surface area (Å²) in [5.41, 5.74) is 0.691. The van der Waals surface area contributed by atoms with Crippen LogP contribution in [0.2, 0.25) is 0 Å². The summed E-state index contributed by atoms with van der Waals surface area (Å²) in [5.74, 6) is -0.649. The van der Waals surface area contributed by atoms with Crippen molar-refractivity contribution in [2.75, 3.05) is 39.1 Å². The zero-order chi connectivity index (χ0) is 24.8. The first kappa shape index (κ1) is 24.1. The quantitative estimate of drug-likeness (QED) is 0.334. The van der Waals surface area contributed by atoms with E-state index in [1.807, 2.05) is 0 Å². The van der Waals surface area contributed by atoms with E-state index in [-0.39, 0.29) is 22.5 Å². The maximum Gasteiger partial charge on any atom is 0.337 e. The fourth-order valence-electron chi connectivity index (χ4n) is 3.25. The van der Waals surface area contributed by atoms with E-state index < -0.39 is 11.9 Å². The maximum absolute atomic E-state index is 12.1. The van der Waals surface area contributed by atoms with Gasteiger partial charge in [-0.25, -0.2) is 9.59 Å².